The molecule has 152 valence electrons. The summed E-state index contributed by atoms with van der Waals surface area (Å²) < 4.78 is 7.95. The molecular formula is C24H29N3O2. The second kappa shape index (κ2) is 8.60. The maximum absolute atomic E-state index is 13.0. The third-order valence-corrected chi connectivity index (χ3v) is 5.56. The Morgan fingerprint density at radius 1 is 1.14 bits per heavy atom. The van der Waals surface area contributed by atoms with Gasteiger partial charge in [-0.05, 0) is 30.5 Å². The topological polar surface area (TPSA) is 46.5 Å². The maximum Gasteiger partial charge on any atom is 0.253 e. The van der Waals surface area contributed by atoms with Gasteiger partial charge in [0.15, 0.2) is 0 Å². The van der Waals surface area contributed by atoms with Crippen molar-refractivity contribution in [1.29, 1.82) is 0 Å². The molecule has 0 bridgehead atoms. The summed E-state index contributed by atoms with van der Waals surface area (Å²) in [6, 6.07) is 16.2. The molecule has 5 heteroatoms. The lowest BCUT2D eigenvalue weighted by atomic mass is 10.1. The zero-order chi connectivity index (χ0) is 20.2. The van der Waals surface area contributed by atoms with Crippen LogP contribution in [0.15, 0.2) is 53.3 Å². The summed E-state index contributed by atoms with van der Waals surface area (Å²) in [4.78, 5) is 15.2. The average Bonchev–Trinajstić information content (AvgIpc) is 2.92. The second-order valence-electron chi connectivity index (χ2n) is 7.70. The molecule has 3 aromatic rings. The lowest BCUT2D eigenvalue weighted by Gasteiger charge is -2.21. The molecular weight excluding hydrogens is 362 g/mol. The van der Waals surface area contributed by atoms with Gasteiger partial charge in [0, 0.05) is 43.8 Å². The summed E-state index contributed by atoms with van der Waals surface area (Å²) in [5.74, 6) is 0.890. The molecule has 29 heavy (non-hydrogen) atoms. The number of rotatable bonds is 6. The Morgan fingerprint density at radius 2 is 1.97 bits per heavy atom. The number of fused-ring (bicyclic) bond motifs is 2. The highest BCUT2D eigenvalue weighted by molar-refractivity contribution is 5.95. The molecule has 0 spiro atoms. The van der Waals surface area contributed by atoms with Crippen molar-refractivity contribution in [3.63, 3.8) is 0 Å². The van der Waals surface area contributed by atoms with Crippen molar-refractivity contribution >= 4 is 22.3 Å². The first-order chi connectivity index (χ1) is 14.2. The first-order valence-corrected chi connectivity index (χ1v) is 10.5. The fraction of sp³-hybridized carbons (Fsp3) is 0.375. The van der Waals surface area contributed by atoms with E-state index in [1.807, 2.05) is 22.8 Å². The highest BCUT2D eigenvalue weighted by atomic mass is 16.5. The molecule has 4 rings (SSSR count). The minimum absolute atomic E-state index is 0.0404. The van der Waals surface area contributed by atoms with Crippen LogP contribution >= 0.6 is 0 Å². The van der Waals surface area contributed by atoms with E-state index < -0.39 is 0 Å². The van der Waals surface area contributed by atoms with Crippen LogP contribution in [0.5, 0.6) is 5.75 Å². The molecule has 0 saturated carbocycles. The molecule has 1 aliphatic heterocycles. The summed E-state index contributed by atoms with van der Waals surface area (Å²) >= 11 is 0. The summed E-state index contributed by atoms with van der Waals surface area (Å²) in [5.41, 5.74) is 4.11. The van der Waals surface area contributed by atoms with Gasteiger partial charge in [-0.2, -0.15) is 0 Å². The van der Waals surface area contributed by atoms with E-state index in [-0.39, 0.29) is 5.56 Å². The molecule has 0 amide bonds. The minimum Gasteiger partial charge on any atom is -0.491 e. The molecule has 0 atom stereocenters. The Kier molecular flexibility index (Phi) is 5.74. The van der Waals surface area contributed by atoms with Crippen LogP contribution in [-0.2, 0) is 13.1 Å². The monoisotopic (exact) mass is 391 g/mol. The molecule has 5 nitrogen and oxygen atoms in total. The number of ether oxygens (including phenoxy) is 1. The van der Waals surface area contributed by atoms with Crippen molar-refractivity contribution in [2.75, 3.05) is 30.4 Å². The number of benzene rings is 2. The van der Waals surface area contributed by atoms with Gasteiger partial charge >= 0.3 is 0 Å². The molecule has 0 fully saturated rings. The van der Waals surface area contributed by atoms with Crippen molar-refractivity contribution in [2.45, 2.75) is 39.3 Å². The number of aryl methyl sites for hydroxylation is 1. The molecule has 0 aliphatic carbocycles. The van der Waals surface area contributed by atoms with Crippen molar-refractivity contribution in [3.05, 3.63) is 64.4 Å². The number of nitrogens with one attached hydrogen (secondary N) is 1. The van der Waals surface area contributed by atoms with Crippen LogP contribution < -0.4 is 20.5 Å². The van der Waals surface area contributed by atoms with E-state index in [0.717, 1.165) is 60.4 Å². The van der Waals surface area contributed by atoms with Gasteiger partial charge in [-0.1, -0.05) is 43.7 Å². The predicted molar refractivity (Wildman–Crippen MR) is 120 cm³/mol. The van der Waals surface area contributed by atoms with E-state index in [0.29, 0.717) is 13.2 Å². The first kappa shape index (κ1) is 19.4. The van der Waals surface area contributed by atoms with Crippen molar-refractivity contribution in [2.24, 2.45) is 0 Å². The normalized spacial score (nSPS) is 13.7. The fourth-order valence-electron chi connectivity index (χ4n) is 3.90. The summed E-state index contributed by atoms with van der Waals surface area (Å²) in [7, 11) is 2.09. The summed E-state index contributed by atoms with van der Waals surface area (Å²) in [6.07, 6.45) is 3.02. The van der Waals surface area contributed by atoms with Gasteiger partial charge in [-0.3, -0.25) is 4.79 Å². The number of anilines is 2. The Hall–Kier alpha value is -2.95. The molecule has 1 N–H and O–H groups in total. The third-order valence-electron chi connectivity index (χ3n) is 5.56. The predicted octanol–water partition coefficient (Wildman–Crippen LogP) is 4.63. The zero-order valence-corrected chi connectivity index (χ0v) is 17.3. The summed E-state index contributed by atoms with van der Waals surface area (Å²) in [6.45, 7) is 5.21. The average molecular weight is 392 g/mol. The van der Waals surface area contributed by atoms with Crippen LogP contribution in [0.25, 0.3) is 10.9 Å². The number of pyridine rings is 1. The number of aromatic nitrogens is 1. The van der Waals surface area contributed by atoms with Crippen molar-refractivity contribution in [1.82, 2.24) is 4.57 Å². The van der Waals surface area contributed by atoms with E-state index in [2.05, 4.69) is 48.5 Å². The molecule has 2 heterocycles. The molecule has 1 aliphatic rings. The standard InChI is InChI=1S/C24H29N3O2/c1-3-4-12-27-21-16-22-23(29-13-8-11-26(22)2)14-19(21)20(15-24(27)28)25-17-18-9-6-5-7-10-18/h5-7,9-10,14-16,25H,3-4,8,11-13,17H2,1-2H3. The Balaban J connectivity index is 1.82. The van der Waals surface area contributed by atoms with E-state index in [1.165, 1.54) is 5.56 Å². The first-order valence-electron chi connectivity index (χ1n) is 10.5. The molecule has 0 unspecified atom stereocenters. The van der Waals surface area contributed by atoms with Crippen molar-refractivity contribution < 1.29 is 4.74 Å². The number of nitrogens with zero attached hydrogens (tertiary/aromatic N) is 2. The lowest BCUT2D eigenvalue weighted by molar-refractivity contribution is 0.323. The number of unbranched alkanes of at least 4 members (excludes halogenated alkanes) is 1. The molecule has 0 radical (unpaired) electrons. The van der Waals surface area contributed by atoms with Crippen LogP contribution in [0.1, 0.15) is 31.7 Å². The maximum atomic E-state index is 13.0. The van der Waals surface area contributed by atoms with Crippen LogP contribution in [0.2, 0.25) is 0 Å². The smallest absolute Gasteiger partial charge is 0.253 e. The Bertz CT molecular complexity index is 1040. The zero-order valence-electron chi connectivity index (χ0n) is 17.3. The van der Waals surface area contributed by atoms with Crippen LogP contribution in [0.3, 0.4) is 0 Å². The Morgan fingerprint density at radius 3 is 2.76 bits per heavy atom. The Labute approximate surface area is 171 Å². The third kappa shape index (κ3) is 4.09. The van der Waals surface area contributed by atoms with Gasteiger partial charge in [0.05, 0.1) is 17.8 Å². The van der Waals surface area contributed by atoms with Gasteiger partial charge in [0.25, 0.3) is 5.56 Å². The molecule has 2 aromatic carbocycles. The fourth-order valence-corrected chi connectivity index (χ4v) is 3.90. The number of hydrogen-bond donors (Lipinski definition) is 1. The van der Waals surface area contributed by atoms with Gasteiger partial charge in [0.1, 0.15) is 5.75 Å². The largest absolute Gasteiger partial charge is 0.491 e. The van der Waals surface area contributed by atoms with Gasteiger partial charge in [-0.15, -0.1) is 0 Å². The van der Waals surface area contributed by atoms with E-state index in [4.69, 9.17) is 4.74 Å². The highest BCUT2D eigenvalue weighted by Gasteiger charge is 2.18. The lowest BCUT2D eigenvalue weighted by Crippen LogP contribution is -2.22. The highest BCUT2D eigenvalue weighted by Crippen LogP contribution is 2.36. The van der Waals surface area contributed by atoms with E-state index in [1.54, 1.807) is 6.07 Å². The molecule has 0 saturated heterocycles. The summed E-state index contributed by atoms with van der Waals surface area (Å²) in [5, 5.41) is 4.51. The van der Waals surface area contributed by atoms with E-state index >= 15 is 0 Å². The molecule has 1 aromatic heterocycles. The second-order valence-corrected chi connectivity index (χ2v) is 7.70. The van der Waals surface area contributed by atoms with Crippen LogP contribution in [0.4, 0.5) is 11.4 Å². The van der Waals surface area contributed by atoms with Gasteiger partial charge < -0.3 is 19.5 Å². The van der Waals surface area contributed by atoms with Crippen LogP contribution in [-0.4, -0.2) is 24.8 Å². The SMILES string of the molecule is CCCCn1c(=O)cc(NCc2ccccc2)c2cc3c(cc21)N(C)CCCO3. The van der Waals surface area contributed by atoms with Gasteiger partial charge in [0.2, 0.25) is 0 Å². The minimum atomic E-state index is 0.0404. The number of hydrogen-bond acceptors (Lipinski definition) is 4. The van der Waals surface area contributed by atoms with Crippen LogP contribution in [0, 0.1) is 0 Å². The van der Waals surface area contributed by atoms with E-state index in [9.17, 15) is 4.79 Å². The van der Waals surface area contributed by atoms with Crippen molar-refractivity contribution in [3.8, 4) is 5.75 Å². The quantitative estimate of drug-likeness (QED) is 0.665. The van der Waals surface area contributed by atoms with Gasteiger partial charge in [-0.25, -0.2) is 0 Å².